The predicted octanol–water partition coefficient (Wildman–Crippen LogP) is 6.49. The summed E-state index contributed by atoms with van der Waals surface area (Å²) in [5, 5.41) is 6.65. The minimum Gasteiger partial charge on any atom is -0.338 e. The van der Waals surface area contributed by atoms with Gasteiger partial charge in [0.1, 0.15) is 12.1 Å². The van der Waals surface area contributed by atoms with Crippen molar-refractivity contribution in [2.75, 3.05) is 10.6 Å². The number of hydrogen-bond donors (Lipinski definition) is 2. The minimum atomic E-state index is -0.227. The van der Waals surface area contributed by atoms with E-state index in [1.54, 1.807) is 36.7 Å². The van der Waals surface area contributed by atoms with Crippen molar-refractivity contribution in [3.63, 3.8) is 0 Å². The standard InChI is InChI=1S/C26H24ClN5O/c1-26(2,3)18-7-9-19(10-8-18)31-25(33)17-6-11-21(27)23(15-17)32-24-20(5-4-13-29-24)22-12-14-28-16-30-22/h4-16H,1-3H3,(H,29,32)(H,31,33). The molecule has 0 aliphatic carbocycles. The average Bonchev–Trinajstić information content (AvgIpc) is 2.81. The van der Waals surface area contributed by atoms with Gasteiger partial charge < -0.3 is 10.6 Å². The molecule has 2 aromatic carbocycles. The van der Waals surface area contributed by atoms with E-state index in [-0.39, 0.29) is 11.3 Å². The molecule has 7 heteroatoms. The van der Waals surface area contributed by atoms with Crippen molar-refractivity contribution in [3.8, 4) is 11.3 Å². The van der Waals surface area contributed by atoms with Crippen LogP contribution in [0.25, 0.3) is 11.3 Å². The van der Waals surface area contributed by atoms with Gasteiger partial charge in [-0.05, 0) is 59.5 Å². The molecular formula is C26H24ClN5O. The first kappa shape index (κ1) is 22.4. The molecule has 4 aromatic rings. The molecule has 1 amide bonds. The van der Waals surface area contributed by atoms with Gasteiger partial charge in [0.25, 0.3) is 5.91 Å². The van der Waals surface area contributed by atoms with Crippen LogP contribution < -0.4 is 10.6 Å². The molecule has 33 heavy (non-hydrogen) atoms. The third kappa shape index (κ3) is 5.35. The van der Waals surface area contributed by atoms with Crippen LogP contribution in [0, 0.1) is 0 Å². The van der Waals surface area contributed by atoms with Crippen molar-refractivity contribution in [2.24, 2.45) is 0 Å². The van der Waals surface area contributed by atoms with Gasteiger partial charge in [0.15, 0.2) is 0 Å². The van der Waals surface area contributed by atoms with Crippen LogP contribution in [0.15, 0.2) is 79.4 Å². The van der Waals surface area contributed by atoms with E-state index in [1.165, 1.54) is 11.9 Å². The number of carbonyl (C=O) groups is 1. The zero-order valence-electron chi connectivity index (χ0n) is 18.6. The first-order valence-corrected chi connectivity index (χ1v) is 10.9. The van der Waals surface area contributed by atoms with Gasteiger partial charge in [-0.25, -0.2) is 15.0 Å². The highest BCUT2D eigenvalue weighted by Crippen LogP contribution is 2.31. The van der Waals surface area contributed by atoms with E-state index in [0.717, 1.165) is 16.9 Å². The number of hydrogen-bond acceptors (Lipinski definition) is 5. The van der Waals surface area contributed by atoms with Crippen molar-refractivity contribution in [3.05, 3.63) is 95.5 Å². The van der Waals surface area contributed by atoms with E-state index in [4.69, 9.17) is 11.6 Å². The van der Waals surface area contributed by atoms with Crippen LogP contribution in [0.3, 0.4) is 0 Å². The van der Waals surface area contributed by atoms with E-state index in [0.29, 0.717) is 22.1 Å². The Bertz CT molecular complexity index is 1270. The Hall–Kier alpha value is -3.77. The van der Waals surface area contributed by atoms with Gasteiger partial charge in [-0.3, -0.25) is 4.79 Å². The maximum atomic E-state index is 12.9. The maximum Gasteiger partial charge on any atom is 0.255 e. The molecule has 2 heterocycles. The highest BCUT2D eigenvalue weighted by atomic mass is 35.5. The summed E-state index contributed by atoms with van der Waals surface area (Å²) >= 11 is 6.42. The quantitative estimate of drug-likeness (QED) is 0.358. The summed E-state index contributed by atoms with van der Waals surface area (Å²) in [7, 11) is 0. The van der Waals surface area contributed by atoms with Gasteiger partial charge in [0, 0.05) is 29.2 Å². The van der Waals surface area contributed by atoms with Crippen molar-refractivity contribution in [1.29, 1.82) is 0 Å². The van der Waals surface area contributed by atoms with Crippen molar-refractivity contribution in [2.45, 2.75) is 26.2 Å². The summed E-state index contributed by atoms with van der Waals surface area (Å²) < 4.78 is 0. The van der Waals surface area contributed by atoms with Crippen LogP contribution >= 0.6 is 11.6 Å². The average molecular weight is 458 g/mol. The van der Waals surface area contributed by atoms with Crippen molar-refractivity contribution >= 4 is 34.7 Å². The van der Waals surface area contributed by atoms with Crippen LogP contribution in [0.5, 0.6) is 0 Å². The van der Waals surface area contributed by atoms with Gasteiger partial charge in [-0.1, -0.05) is 44.5 Å². The number of carbonyl (C=O) groups excluding carboxylic acids is 1. The van der Waals surface area contributed by atoms with E-state index >= 15 is 0 Å². The molecule has 2 aromatic heterocycles. The molecular weight excluding hydrogens is 434 g/mol. The number of amides is 1. The molecule has 0 fully saturated rings. The number of rotatable bonds is 5. The Morgan fingerprint density at radius 1 is 0.939 bits per heavy atom. The van der Waals surface area contributed by atoms with Crippen molar-refractivity contribution < 1.29 is 4.79 Å². The van der Waals surface area contributed by atoms with E-state index in [2.05, 4.69) is 46.4 Å². The number of benzene rings is 2. The third-order valence-corrected chi connectivity index (χ3v) is 5.49. The molecule has 4 rings (SSSR count). The monoisotopic (exact) mass is 457 g/mol. The van der Waals surface area contributed by atoms with E-state index < -0.39 is 0 Å². The molecule has 2 N–H and O–H groups in total. The highest BCUT2D eigenvalue weighted by Gasteiger charge is 2.15. The Kier molecular flexibility index (Phi) is 6.38. The van der Waals surface area contributed by atoms with Gasteiger partial charge in [0.05, 0.1) is 16.4 Å². The summed E-state index contributed by atoms with van der Waals surface area (Å²) in [6.45, 7) is 6.46. The van der Waals surface area contributed by atoms with Gasteiger partial charge in [-0.15, -0.1) is 0 Å². The Labute approximate surface area is 198 Å². The lowest BCUT2D eigenvalue weighted by Gasteiger charge is -2.19. The highest BCUT2D eigenvalue weighted by molar-refractivity contribution is 6.33. The van der Waals surface area contributed by atoms with Gasteiger partial charge in [0.2, 0.25) is 0 Å². The summed E-state index contributed by atoms with van der Waals surface area (Å²) in [4.78, 5) is 25.6. The number of halogens is 1. The zero-order chi connectivity index (χ0) is 23.4. The second-order valence-electron chi connectivity index (χ2n) is 8.60. The normalized spacial score (nSPS) is 11.2. The molecule has 0 saturated heterocycles. The molecule has 0 bridgehead atoms. The second kappa shape index (κ2) is 9.38. The Morgan fingerprint density at radius 2 is 1.73 bits per heavy atom. The molecule has 0 aliphatic heterocycles. The smallest absolute Gasteiger partial charge is 0.255 e. The van der Waals surface area contributed by atoms with E-state index in [1.807, 2.05) is 36.4 Å². The molecule has 0 aliphatic rings. The number of nitrogens with zero attached hydrogens (tertiary/aromatic N) is 3. The molecule has 0 atom stereocenters. The first-order valence-electron chi connectivity index (χ1n) is 10.5. The fourth-order valence-electron chi connectivity index (χ4n) is 3.31. The predicted molar refractivity (Wildman–Crippen MR) is 133 cm³/mol. The van der Waals surface area contributed by atoms with Gasteiger partial charge >= 0.3 is 0 Å². The molecule has 0 radical (unpaired) electrons. The second-order valence-corrected chi connectivity index (χ2v) is 9.00. The zero-order valence-corrected chi connectivity index (χ0v) is 19.4. The van der Waals surface area contributed by atoms with E-state index in [9.17, 15) is 4.79 Å². The Morgan fingerprint density at radius 3 is 2.42 bits per heavy atom. The maximum absolute atomic E-state index is 12.9. The number of pyridine rings is 1. The molecule has 0 unspecified atom stereocenters. The lowest BCUT2D eigenvalue weighted by molar-refractivity contribution is 0.102. The fraction of sp³-hybridized carbons (Fsp3) is 0.154. The minimum absolute atomic E-state index is 0.0510. The summed E-state index contributed by atoms with van der Waals surface area (Å²) in [6, 6.07) is 18.5. The number of aromatic nitrogens is 3. The third-order valence-electron chi connectivity index (χ3n) is 5.16. The largest absolute Gasteiger partial charge is 0.338 e. The molecule has 0 spiro atoms. The van der Waals surface area contributed by atoms with Gasteiger partial charge in [-0.2, -0.15) is 0 Å². The lowest BCUT2D eigenvalue weighted by atomic mass is 9.87. The van der Waals surface area contributed by atoms with Crippen LogP contribution in [0.1, 0.15) is 36.7 Å². The summed E-state index contributed by atoms with van der Waals surface area (Å²) in [6.07, 6.45) is 4.84. The van der Waals surface area contributed by atoms with Crippen LogP contribution in [0.2, 0.25) is 5.02 Å². The Balaban J connectivity index is 1.56. The van der Waals surface area contributed by atoms with Crippen molar-refractivity contribution in [1.82, 2.24) is 15.0 Å². The molecule has 0 saturated carbocycles. The lowest BCUT2D eigenvalue weighted by Crippen LogP contribution is -2.14. The summed E-state index contributed by atoms with van der Waals surface area (Å²) in [5.74, 6) is 0.351. The van der Waals surface area contributed by atoms with Crippen LogP contribution in [-0.4, -0.2) is 20.9 Å². The SMILES string of the molecule is CC(C)(C)c1ccc(NC(=O)c2ccc(Cl)c(Nc3ncccc3-c3ccncn3)c2)cc1. The number of nitrogens with one attached hydrogen (secondary N) is 2. The topological polar surface area (TPSA) is 79.8 Å². The first-order chi connectivity index (χ1) is 15.8. The molecule has 6 nitrogen and oxygen atoms in total. The fourth-order valence-corrected chi connectivity index (χ4v) is 3.47. The number of anilines is 3. The van der Waals surface area contributed by atoms with Crippen LogP contribution in [-0.2, 0) is 5.41 Å². The van der Waals surface area contributed by atoms with Crippen LogP contribution in [0.4, 0.5) is 17.2 Å². The summed E-state index contributed by atoms with van der Waals surface area (Å²) in [5.41, 5.74) is 4.55. The molecule has 166 valence electrons.